The number of hydrogen-bond acceptors (Lipinski definition) is 4. The van der Waals surface area contributed by atoms with Gasteiger partial charge >= 0.3 is 5.97 Å². The molecule has 4 nitrogen and oxygen atoms in total. The molecule has 1 aliphatic heterocycles. The average molecular weight is 314 g/mol. The van der Waals surface area contributed by atoms with Crippen LogP contribution in [0, 0.1) is 11.8 Å². The van der Waals surface area contributed by atoms with Crippen LogP contribution in [0.3, 0.4) is 0 Å². The van der Waals surface area contributed by atoms with Crippen LogP contribution in [-0.4, -0.2) is 36.0 Å². The van der Waals surface area contributed by atoms with Crippen molar-refractivity contribution in [1.82, 2.24) is 0 Å². The Hall–Kier alpha value is -0.610. The number of aliphatic hydroxyl groups is 1. The lowest BCUT2D eigenvalue weighted by atomic mass is 9.81. The Bertz CT molecular complexity index is 344. The fourth-order valence-electron chi connectivity index (χ4n) is 3.84. The van der Waals surface area contributed by atoms with Crippen molar-refractivity contribution in [2.45, 2.75) is 90.4 Å². The van der Waals surface area contributed by atoms with Gasteiger partial charge in [-0.3, -0.25) is 4.79 Å². The van der Waals surface area contributed by atoms with Crippen molar-refractivity contribution in [1.29, 1.82) is 0 Å². The van der Waals surface area contributed by atoms with Gasteiger partial charge in [0.25, 0.3) is 0 Å². The first kappa shape index (κ1) is 19.4. The second kappa shape index (κ2) is 8.88. The van der Waals surface area contributed by atoms with Crippen molar-refractivity contribution >= 4 is 5.97 Å². The second-order valence-corrected chi connectivity index (χ2v) is 6.99. The molecule has 22 heavy (non-hydrogen) atoms. The summed E-state index contributed by atoms with van der Waals surface area (Å²) in [5.41, 5.74) is -0.182. The average Bonchev–Trinajstić information content (AvgIpc) is 2.81. The van der Waals surface area contributed by atoms with E-state index in [9.17, 15) is 9.90 Å². The summed E-state index contributed by atoms with van der Waals surface area (Å²) >= 11 is 0. The highest BCUT2D eigenvalue weighted by atomic mass is 16.5. The van der Waals surface area contributed by atoms with E-state index in [-0.39, 0.29) is 23.9 Å². The molecule has 4 heteroatoms. The molecule has 1 fully saturated rings. The fourth-order valence-corrected chi connectivity index (χ4v) is 3.84. The van der Waals surface area contributed by atoms with E-state index in [0.717, 1.165) is 38.5 Å². The van der Waals surface area contributed by atoms with Crippen LogP contribution in [0.15, 0.2) is 0 Å². The Balaban J connectivity index is 2.67. The van der Waals surface area contributed by atoms with Crippen molar-refractivity contribution in [3.63, 3.8) is 0 Å². The highest BCUT2D eigenvalue weighted by Crippen LogP contribution is 2.43. The first-order chi connectivity index (χ1) is 10.4. The molecule has 5 atom stereocenters. The van der Waals surface area contributed by atoms with Crippen LogP contribution in [0.5, 0.6) is 0 Å². The van der Waals surface area contributed by atoms with Gasteiger partial charge in [-0.1, -0.05) is 40.0 Å². The van der Waals surface area contributed by atoms with Gasteiger partial charge in [-0.2, -0.15) is 0 Å². The molecule has 0 bridgehead atoms. The van der Waals surface area contributed by atoms with E-state index < -0.39 is 6.10 Å². The summed E-state index contributed by atoms with van der Waals surface area (Å²) < 4.78 is 11.0. The van der Waals surface area contributed by atoms with Gasteiger partial charge in [-0.25, -0.2) is 0 Å². The van der Waals surface area contributed by atoms with Gasteiger partial charge < -0.3 is 14.6 Å². The number of aliphatic hydroxyl groups excluding tert-OH is 1. The largest absolute Gasteiger partial charge is 0.469 e. The Morgan fingerprint density at radius 3 is 2.59 bits per heavy atom. The molecule has 0 aromatic heterocycles. The topological polar surface area (TPSA) is 55.8 Å². The van der Waals surface area contributed by atoms with Crippen LogP contribution >= 0.6 is 0 Å². The van der Waals surface area contributed by atoms with Crippen LogP contribution in [0.4, 0.5) is 0 Å². The van der Waals surface area contributed by atoms with E-state index in [2.05, 4.69) is 32.4 Å². The SMILES string of the molecule is CCC[C@H]1O[C@](C)(C[C@@H](CC)[C@H](O)CC(=O)OC)C[C@H]1CC. The van der Waals surface area contributed by atoms with E-state index >= 15 is 0 Å². The number of rotatable bonds is 9. The molecule has 1 rings (SSSR count). The lowest BCUT2D eigenvalue weighted by Crippen LogP contribution is -2.34. The maximum Gasteiger partial charge on any atom is 0.308 e. The summed E-state index contributed by atoms with van der Waals surface area (Å²) in [5.74, 6) is 0.334. The van der Waals surface area contributed by atoms with Crippen LogP contribution < -0.4 is 0 Å². The minimum absolute atomic E-state index is 0.0701. The summed E-state index contributed by atoms with van der Waals surface area (Å²) in [6.07, 6.45) is 5.84. The highest BCUT2D eigenvalue weighted by Gasteiger charge is 2.43. The van der Waals surface area contributed by atoms with Crippen molar-refractivity contribution < 1.29 is 19.4 Å². The van der Waals surface area contributed by atoms with E-state index in [1.807, 2.05) is 0 Å². The van der Waals surface area contributed by atoms with E-state index in [0.29, 0.717) is 12.0 Å². The molecule has 0 unspecified atom stereocenters. The predicted octanol–water partition coefficient (Wildman–Crippen LogP) is 3.70. The van der Waals surface area contributed by atoms with Crippen LogP contribution in [0.2, 0.25) is 0 Å². The van der Waals surface area contributed by atoms with Gasteiger partial charge in [0.1, 0.15) is 0 Å². The molecule has 1 aliphatic rings. The third-order valence-corrected chi connectivity index (χ3v) is 5.12. The lowest BCUT2D eigenvalue weighted by Gasteiger charge is -2.31. The van der Waals surface area contributed by atoms with Gasteiger partial charge in [0.15, 0.2) is 0 Å². The highest BCUT2D eigenvalue weighted by molar-refractivity contribution is 5.69. The molecule has 0 radical (unpaired) electrons. The molecule has 1 N–H and O–H groups in total. The summed E-state index contributed by atoms with van der Waals surface area (Å²) in [7, 11) is 1.36. The van der Waals surface area contributed by atoms with Gasteiger partial charge in [-0.05, 0) is 38.0 Å². The van der Waals surface area contributed by atoms with E-state index in [4.69, 9.17) is 4.74 Å². The van der Waals surface area contributed by atoms with Crippen molar-refractivity contribution in [3.8, 4) is 0 Å². The van der Waals surface area contributed by atoms with Crippen molar-refractivity contribution in [3.05, 3.63) is 0 Å². The first-order valence-electron chi connectivity index (χ1n) is 8.81. The van der Waals surface area contributed by atoms with E-state index in [1.165, 1.54) is 7.11 Å². The van der Waals surface area contributed by atoms with Gasteiger partial charge in [0.05, 0.1) is 31.3 Å². The summed E-state index contributed by atoms with van der Waals surface area (Å²) in [5, 5.41) is 10.3. The molecule has 0 aliphatic carbocycles. The molecule has 0 aromatic carbocycles. The Morgan fingerprint density at radius 2 is 2.09 bits per heavy atom. The Labute approximate surface area is 135 Å². The summed E-state index contributed by atoms with van der Waals surface area (Å²) in [6.45, 7) is 8.65. The number of carbonyl (C=O) groups excluding carboxylic acids is 1. The zero-order chi connectivity index (χ0) is 16.8. The predicted molar refractivity (Wildman–Crippen MR) is 87.6 cm³/mol. The number of methoxy groups -OCH3 is 1. The quantitative estimate of drug-likeness (QED) is 0.659. The van der Waals surface area contributed by atoms with Gasteiger partial charge in [0.2, 0.25) is 0 Å². The normalized spacial score (nSPS) is 31.0. The van der Waals surface area contributed by atoms with Crippen LogP contribution in [0.1, 0.15) is 72.6 Å². The smallest absolute Gasteiger partial charge is 0.308 e. The van der Waals surface area contributed by atoms with Gasteiger partial charge in [-0.15, -0.1) is 0 Å². The Kier molecular flexibility index (Phi) is 7.84. The summed E-state index contributed by atoms with van der Waals surface area (Å²) in [6, 6.07) is 0. The van der Waals surface area contributed by atoms with E-state index in [1.54, 1.807) is 0 Å². The minimum Gasteiger partial charge on any atom is -0.469 e. The zero-order valence-electron chi connectivity index (χ0n) is 14.9. The third-order valence-electron chi connectivity index (χ3n) is 5.12. The molecule has 0 spiro atoms. The lowest BCUT2D eigenvalue weighted by molar-refractivity contribution is -0.144. The number of esters is 1. The molecule has 0 aromatic rings. The second-order valence-electron chi connectivity index (χ2n) is 6.99. The van der Waals surface area contributed by atoms with Crippen molar-refractivity contribution in [2.24, 2.45) is 11.8 Å². The molecule has 1 saturated heterocycles. The summed E-state index contributed by atoms with van der Waals surface area (Å²) in [4.78, 5) is 11.4. The molecule has 1 heterocycles. The third kappa shape index (κ3) is 5.24. The molecule has 0 saturated carbocycles. The maximum absolute atomic E-state index is 11.4. The van der Waals surface area contributed by atoms with Crippen molar-refractivity contribution in [2.75, 3.05) is 7.11 Å². The first-order valence-corrected chi connectivity index (χ1v) is 8.81. The Morgan fingerprint density at radius 1 is 1.41 bits per heavy atom. The fraction of sp³-hybridized carbons (Fsp3) is 0.944. The monoisotopic (exact) mass is 314 g/mol. The minimum atomic E-state index is -0.650. The molecule has 0 amide bonds. The number of carbonyl (C=O) groups is 1. The van der Waals surface area contributed by atoms with Crippen LogP contribution in [0.25, 0.3) is 0 Å². The zero-order valence-corrected chi connectivity index (χ0v) is 14.9. The molecular formula is C18H34O4. The number of ether oxygens (including phenoxy) is 2. The van der Waals surface area contributed by atoms with Crippen LogP contribution in [-0.2, 0) is 14.3 Å². The number of hydrogen-bond donors (Lipinski definition) is 1. The molecular weight excluding hydrogens is 280 g/mol. The standard InChI is InChI=1S/C18H34O4/c1-6-9-16-14(8-3)12-18(4,22-16)11-13(7-2)15(19)10-17(20)21-5/h13-16,19H,6-12H2,1-5H3/t13-,14-,15-,16-,18-/m1/s1. The maximum atomic E-state index is 11.4. The molecule has 130 valence electrons. The van der Waals surface area contributed by atoms with Gasteiger partial charge in [0, 0.05) is 0 Å².